The number of carbonyl (C=O) groups excluding carboxylic acids is 1. The molecular weight excluding hydrogens is 440 g/mol. The number of benzene rings is 1. The molecule has 12 heteroatoms. The second kappa shape index (κ2) is 9.11. The average Bonchev–Trinajstić information content (AvgIpc) is 3.67. The molecule has 0 unspecified atom stereocenters. The molecule has 1 saturated carbocycles. The summed E-state index contributed by atoms with van der Waals surface area (Å²) in [7, 11) is 0. The molecular formula is C22H26N8O4. The van der Waals surface area contributed by atoms with Gasteiger partial charge >= 0.3 is 6.01 Å². The van der Waals surface area contributed by atoms with Crippen molar-refractivity contribution in [3.05, 3.63) is 36.9 Å². The summed E-state index contributed by atoms with van der Waals surface area (Å²) >= 11 is 0. The Hall–Kier alpha value is -3.38. The van der Waals surface area contributed by atoms with Crippen LogP contribution >= 0.6 is 0 Å². The van der Waals surface area contributed by atoms with E-state index in [-0.39, 0.29) is 42.1 Å². The van der Waals surface area contributed by atoms with E-state index in [4.69, 9.17) is 14.2 Å². The van der Waals surface area contributed by atoms with Crippen LogP contribution in [0.2, 0.25) is 0 Å². The first kappa shape index (κ1) is 21.2. The quantitative estimate of drug-likeness (QED) is 0.573. The van der Waals surface area contributed by atoms with Gasteiger partial charge in [0, 0.05) is 5.92 Å². The van der Waals surface area contributed by atoms with Crippen molar-refractivity contribution in [3.63, 3.8) is 0 Å². The third-order valence-electron chi connectivity index (χ3n) is 6.84. The zero-order valence-electron chi connectivity index (χ0n) is 18.6. The number of rotatable bonds is 6. The lowest BCUT2D eigenvalue weighted by Gasteiger charge is -2.24. The van der Waals surface area contributed by atoms with Gasteiger partial charge in [-0.1, -0.05) is 24.4 Å². The van der Waals surface area contributed by atoms with E-state index in [1.807, 2.05) is 24.3 Å². The summed E-state index contributed by atoms with van der Waals surface area (Å²) in [5, 5.41) is 19.3. The van der Waals surface area contributed by atoms with Crippen molar-refractivity contribution in [2.75, 3.05) is 13.2 Å². The Balaban J connectivity index is 1.11. The predicted molar refractivity (Wildman–Crippen MR) is 116 cm³/mol. The van der Waals surface area contributed by atoms with Gasteiger partial charge in [0.2, 0.25) is 5.91 Å². The van der Waals surface area contributed by atoms with E-state index in [2.05, 4.69) is 30.9 Å². The normalized spacial score (nSPS) is 26.9. The fraction of sp³-hybridized carbons (Fsp3) is 0.545. The minimum atomic E-state index is -0.266. The first-order chi connectivity index (χ1) is 16.8. The SMILES string of the molecule is O=C(N[C@H]1CO[C@H]2[C@H]1OC[C@H]2n1nnnc1Oc1ccc(-n2cncn2)cc1)C1CCCCC1. The maximum Gasteiger partial charge on any atom is 0.341 e. The Kier molecular flexibility index (Phi) is 5.67. The topological polar surface area (TPSA) is 131 Å². The molecule has 1 amide bonds. The molecule has 4 atom stereocenters. The van der Waals surface area contributed by atoms with E-state index in [0.29, 0.717) is 19.0 Å². The van der Waals surface area contributed by atoms with Crippen LogP contribution in [0.5, 0.6) is 11.8 Å². The summed E-state index contributed by atoms with van der Waals surface area (Å²) in [4.78, 5) is 16.7. The van der Waals surface area contributed by atoms with Crippen molar-refractivity contribution < 1.29 is 19.0 Å². The minimum absolute atomic E-state index is 0.0977. The van der Waals surface area contributed by atoms with Crippen LogP contribution in [-0.4, -0.2) is 72.3 Å². The number of tetrazole rings is 1. The molecule has 0 bridgehead atoms. The first-order valence-corrected chi connectivity index (χ1v) is 11.7. The van der Waals surface area contributed by atoms with Crippen molar-refractivity contribution in [2.24, 2.45) is 5.92 Å². The van der Waals surface area contributed by atoms with E-state index in [1.165, 1.54) is 12.7 Å². The predicted octanol–water partition coefficient (Wildman–Crippen LogP) is 1.45. The third kappa shape index (κ3) is 4.03. The second-order valence-corrected chi connectivity index (χ2v) is 8.96. The van der Waals surface area contributed by atoms with Gasteiger partial charge in [0.1, 0.15) is 36.7 Å². The highest BCUT2D eigenvalue weighted by atomic mass is 16.6. The van der Waals surface area contributed by atoms with Crippen LogP contribution in [0.3, 0.4) is 0 Å². The van der Waals surface area contributed by atoms with E-state index in [1.54, 1.807) is 15.7 Å². The number of aromatic nitrogens is 7. The van der Waals surface area contributed by atoms with Gasteiger partial charge in [0.25, 0.3) is 0 Å². The van der Waals surface area contributed by atoms with Crippen LogP contribution in [0.4, 0.5) is 0 Å². The lowest BCUT2D eigenvalue weighted by Crippen LogP contribution is -2.46. The molecule has 0 spiro atoms. The maximum absolute atomic E-state index is 12.7. The number of amides is 1. The standard InChI is InChI=1S/C22H26N8O4/c31-21(14-4-2-1-3-5-14)25-17-10-32-20-18(11-33-19(17)20)30-22(26-27-28-30)34-16-8-6-15(7-9-16)29-13-23-12-24-29/h6-9,12-14,17-20H,1-5,10-11H2,(H,25,31)/t17-,18+,19-,20+/m0/s1. The summed E-state index contributed by atoms with van der Waals surface area (Å²) in [5.74, 6) is 0.794. The van der Waals surface area contributed by atoms with Gasteiger partial charge in [0.05, 0.1) is 24.9 Å². The minimum Gasteiger partial charge on any atom is -0.423 e. The first-order valence-electron chi connectivity index (χ1n) is 11.7. The molecule has 0 radical (unpaired) electrons. The Bertz CT molecular complexity index is 1110. The van der Waals surface area contributed by atoms with Crippen LogP contribution < -0.4 is 10.1 Å². The summed E-state index contributed by atoms with van der Waals surface area (Å²) in [6.45, 7) is 0.782. The fourth-order valence-electron chi connectivity index (χ4n) is 5.05. The number of carbonyl (C=O) groups is 1. The molecule has 1 aliphatic carbocycles. The summed E-state index contributed by atoms with van der Waals surface area (Å²) in [6, 6.07) is 7.19. The van der Waals surface area contributed by atoms with Crippen LogP contribution in [0.25, 0.3) is 5.69 Å². The largest absolute Gasteiger partial charge is 0.423 e. The third-order valence-corrected chi connectivity index (χ3v) is 6.84. The van der Waals surface area contributed by atoms with Gasteiger partial charge in [0.15, 0.2) is 0 Å². The van der Waals surface area contributed by atoms with Crippen molar-refractivity contribution in [1.29, 1.82) is 0 Å². The van der Waals surface area contributed by atoms with E-state index in [9.17, 15) is 4.79 Å². The van der Waals surface area contributed by atoms with Gasteiger partial charge in [-0.2, -0.15) is 9.78 Å². The molecule has 2 aromatic heterocycles. The highest BCUT2D eigenvalue weighted by Gasteiger charge is 2.50. The van der Waals surface area contributed by atoms with Gasteiger partial charge in [-0.3, -0.25) is 4.79 Å². The highest BCUT2D eigenvalue weighted by Crippen LogP contribution is 2.36. The molecule has 1 N–H and O–H groups in total. The number of hydrogen-bond donors (Lipinski definition) is 1. The second-order valence-electron chi connectivity index (χ2n) is 8.96. The van der Waals surface area contributed by atoms with Crippen LogP contribution in [0.15, 0.2) is 36.9 Å². The number of nitrogens with zero attached hydrogens (tertiary/aromatic N) is 7. The van der Waals surface area contributed by atoms with E-state index >= 15 is 0 Å². The molecule has 1 aromatic carbocycles. The van der Waals surface area contributed by atoms with Gasteiger partial charge in [-0.05, 0) is 47.5 Å². The van der Waals surface area contributed by atoms with Crippen LogP contribution in [0.1, 0.15) is 38.1 Å². The van der Waals surface area contributed by atoms with Crippen LogP contribution in [0, 0.1) is 5.92 Å². The van der Waals surface area contributed by atoms with E-state index < -0.39 is 0 Å². The monoisotopic (exact) mass is 466 g/mol. The molecule has 178 valence electrons. The molecule has 6 rings (SSSR count). The van der Waals surface area contributed by atoms with Crippen molar-refractivity contribution in [1.82, 2.24) is 40.3 Å². The zero-order valence-corrected chi connectivity index (χ0v) is 18.6. The zero-order chi connectivity index (χ0) is 22.9. The average molecular weight is 467 g/mol. The van der Waals surface area contributed by atoms with Crippen molar-refractivity contribution >= 4 is 5.91 Å². The van der Waals surface area contributed by atoms with Gasteiger partial charge in [-0.25, -0.2) is 9.67 Å². The van der Waals surface area contributed by atoms with E-state index in [0.717, 1.165) is 31.4 Å². The number of ether oxygens (including phenoxy) is 3. The maximum atomic E-state index is 12.7. The smallest absolute Gasteiger partial charge is 0.341 e. The molecule has 3 aromatic rings. The Morgan fingerprint density at radius 3 is 2.68 bits per heavy atom. The molecule has 12 nitrogen and oxygen atoms in total. The Labute approximate surface area is 195 Å². The summed E-state index contributed by atoms with van der Waals surface area (Å²) in [5.41, 5.74) is 0.858. The van der Waals surface area contributed by atoms with Gasteiger partial charge < -0.3 is 19.5 Å². The van der Waals surface area contributed by atoms with Crippen molar-refractivity contribution in [2.45, 2.75) is 56.4 Å². The lowest BCUT2D eigenvalue weighted by atomic mass is 9.88. The Morgan fingerprint density at radius 2 is 1.88 bits per heavy atom. The lowest BCUT2D eigenvalue weighted by molar-refractivity contribution is -0.127. The number of fused-ring (bicyclic) bond motifs is 1. The molecule has 4 heterocycles. The molecule has 2 saturated heterocycles. The molecule has 2 aliphatic heterocycles. The van der Waals surface area contributed by atoms with Crippen molar-refractivity contribution in [3.8, 4) is 17.4 Å². The number of hydrogen-bond acceptors (Lipinski definition) is 9. The molecule has 3 aliphatic rings. The van der Waals surface area contributed by atoms with Gasteiger partial charge in [-0.15, -0.1) is 0 Å². The summed E-state index contributed by atoms with van der Waals surface area (Å²) < 4.78 is 21.3. The van der Waals surface area contributed by atoms with Crippen LogP contribution in [-0.2, 0) is 14.3 Å². The number of nitrogens with one attached hydrogen (secondary N) is 1. The molecule has 3 fully saturated rings. The molecule has 34 heavy (non-hydrogen) atoms. The highest BCUT2D eigenvalue weighted by molar-refractivity contribution is 5.79. The summed E-state index contributed by atoms with van der Waals surface area (Å²) in [6.07, 6.45) is 7.97. The Morgan fingerprint density at radius 1 is 1.06 bits per heavy atom. The fourth-order valence-corrected chi connectivity index (χ4v) is 5.05.